The third-order valence-electron chi connectivity index (χ3n) is 4.20. The quantitative estimate of drug-likeness (QED) is 0.408. The van der Waals surface area contributed by atoms with Crippen molar-refractivity contribution in [3.63, 3.8) is 0 Å². The van der Waals surface area contributed by atoms with Crippen molar-refractivity contribution in [2.45, 2.75) is 6.18 Å². The highest BCUT2D eigenvalue weighted by molar-refractivity contribution is 7.12. The van der Waals surface area contributed by atoms with Crippen LogP contribution in [0.1, 0.15) is 9.67 Å². The molecule has 8 nitrogen and oxygen atoms in total. The summed E-state index contributed by atoms with van der Waals surface area (Å²) in [4.78, 5) is 29.3. The van der Waals surface area contributed by atoms with Gasteiger partial charge in [-0.3, -0.25) is 4.79 Å². The van der Waals surface area contributed by atoms with Crippen molar-refractivity contribution in [1.29, 1.82) is 0 Å². The smallest absolute Gasteiger partial charge is 0.475 e. The number of fused-ring (bicyclic) bond motifs is 3. The molecule has 0 atom stereocenters. The zero-order chi connectivity index (χ0) is 22.2. The van der Waals surface area contributed by atoms with Gasteiger partial charge in [0.05, 0.1) is 21.3 Å². The highest BCUT2D eigenvalue weighted by atomic mass is 32.1. The van der Waals surface area contributed by atoms with E-state index in [1.165, 1.54) is 11.3 Å². The van der Waals surface area contributed by atoms with E-state index >= 15 is 0 Å². The number of aldehydes is 1. The van der Waals surface area contributed by atoms with Crippen LogP contribution in [-0.2, 0) is 11.8 Å². The number of nitrogens with two attached hydrogens (primary N) is 2. The molecule has 0 spiro atoms. The van der Waals surface area contributed by atoms with Gasteiger partial charge in [0.15, 0.2) is 6.29 Å². The zero-order valence-electron chi connectivity index (χ0n) is 15.3. The average molecular weight is 437 g/mol. The Labute approximate surface area is 170 Å². The minimum absolute atomic E-state index is 0.136. The molecule has 3 heterocycles. The van der Waals surface area contributed by atoms with Gasteiger partial charge in [-0.2, -0.15) is 18.2 Å². The fraction of sp³-hybridized carbons (Fsp3) is 0.111. The number of halogens is 3. The molecule has 0 radical (unpaired) electrons. The molecular formula is C18H14F3N5O3S. The SMILES string of the molecule is Cn1ccc2c3c(N)nc(N)nc3cc(-c3ccsc3C=O)c21.O=C(O)C(F)(F)F. The number of carboxylic acid groups (broad SMARTS) is 1. The van der Waals surface area contributed by atoms with Crippen molar-refractivity contribution >= 4 is 57.2 Å². The number of alkyl halides is 3. The number of hydrogen-bond donors (Lipinski definition) is 3. The van der Waals surface area contributed by atoms with Gasteiger partial charge in [0.2, 0.25) is 5.95 Å². The molecule has 3 aromatic heterocycles. The standard InChI is InChI=1S/C16H13N5OS.C2HF3O2/c1-21-4-2-9-13-11(19-16(18)20-15(13)17)6-10(14(9)21)8-3-5-23-12(8)7-22;3-2(4,5)1(6)7/h2-7H,1H3,(H4,17,18,19,20);(H,6,7). The topological polar surface area (TPSA) is 137 Å². The Bertz CT molecular complexity index is 1280. The second kappa shape index (κ2) is 7.63. The molecule has 1 aromatic carbocycles. The van der Waals surface area contributed by atoms with Gasteiger partial charge in [-0.25, -0.2) is 9.78 Å². The maximum absolute atomic E-state index is 11.3. The van der Waals surface area contributed by atoms with E-state index in [0.29, 0.717) is 16.2 Å². The van der Waals surface area contributed by atoms with Crippen LogP contribution in [0.5, 0.6) is 0 Å². The number of benzene rings is 1. The molecule has 0 fully saturated rings. The van der Waals surface area contributed by atoms with Crippen LogP contribution in [-0.4, -0.2) is 38.1 Å². The van der Waals surface area contributed by atoms with E-state index in [-0.39, 0.29) is 5.95 Å². The third-order valence-corrected chi connectivity index (χ3v) is 5.04. The molecule has 0 saturated carbocycles. The molecule has 156 valence electrons. The molecule has 4 aromatic rings. The van der Waals surface area contributed by atoms with Gasteiger partial charge in [-0.1, -0.05) is 0 Å². The van der Waals surface area contributed by atoms with Gasteiger partial charge in [-0.05, 0) is 23.6 Å². The summed E-state index contributed by atoms with van der Waals surface area (Å²) in [5, 5.41) is 10.8. The molecule has 0 aliphatic heterocycles. The minimum atomic E-state index is -5.08. The number of carbonyl (C=O) groups is 2. The Morgan fingerprint density at radius 2 is 1.90 bits per heavy atom. The van der Waals surface area contributed by atoms with Gasteiger partial charge in [0.25, 0.3) is 0 Å². The number of thiophene rings is 1. The van der Waals surface area contributed by atoms with E-state index < -0.39 is 12.1 Å². The molecule has 0 aliphatic rings. The lowest BCUT2D eigenvalue weighted by atomic mass is 10.0. The van der Waals surface area contributed by atoms with Gasteiger partial charge >= 0.3 is 12.1 Å². The number of anilines is 2. The first-order valence-electron chi connectivity index (χ1n) is 8.18. The first-order chi connectivity index (χ1) is 14.0. The van der Waals surface area contributed by atoms with Crippen LogP contribution in [0.25, 0.3) is 32.9 Å². The monoisotopic (exact) mass is 437 g/mol. The Balaban J connectivity index is 0.000000318. The number of nitrogen functional groups attached to an aromatic ring is 2. The maximum atomic E-state index is 11.3. The van der Waals surface area contributed by atoms with E-state index in [1.807, 2.05) is 41.4 Å². The Morgan fingerprint density at radius 3 is 2.50 bits per heavy atom. The summed E-state index contributed by atoms with van der Waals surface area (Å²) < 4.78 is 33.7. The largest absolute Gasteiger partial charge is 0.490 e. The second-order valence-corrected chi connectivity index (χ2v) is 7.04. The summed E-state index contributed by atoms with van der Waals surface area (Å²) in [6.07, 6.45) is -2.25. The van der Waals surface area contributed by atoms with Crippen LogP contribution in [0.15, 0.2) is 29.8 Å². The fourth-order valence-corrected chi connectivity index (χ4v) is 3.72. The van der Waals surface area contributed by atoms with Crippen molar-refractivity contribution in [1.82, 2.24) is 14.5 Å². The van der Waals surface area contributed by atoms with E-state index in [2.05, 4.69) is 9.97 Å². The summed E-state index contributed by atoms with van der Waals surface area (Å²) in [7, 11) is 1.96. The number of aromatic nitrogens is 3. The van der Waals surface area contributed by atoms with Crippen molar-refractivity contribution in [2.75, 3.05) is 11.5 Å². The molecule has 0 saturated heterocycles. The van der Waals surface area contributed by atoms with Crippen molar-refractivity contribution in [2.24, 2.45) is 7.05 Å². The van der Waals surface area contributed by atoms with E-state index in [1.54, 1.807) is 0 Å². The molecule has 12 heteroatoms. The van der Waals surface area contributed by atoms with E-state index in [0.717, 1.165) is 33.7 Å². The highest BCUT2D eigenvalue weighted by Gasteiger charge is 2.38. The van der Waals surface area contributed by atoms with Crippen LogP contribution in [0.4, 0.5) is 24.9 Å². The van der Waals surface area contributed by atoms with Crippen LogP contribution in [0.3, 0.4) is 0 Å². The number of aliphatic carboxylic acids is 1. The van der Waals surface area contributed by atoms with Gasteiger partial charge < -0.3 is 21.1 Å². The predicted molar refractivity (Wildman–Crippen MR) is 107 cm³/mol. The Morgan fingerprint density at radius 1 is 1.23 bits per heavy atom. The number of aryl methyl sites for hydroxylation is 1. The summed E-state index contributed by atoms with van der Waals surface area (Å²) >= 11 is 1.41. The molecule has 0 amide bonds. The third kappa shape index (κ3) is 3.76. The summed E-state index contributed by atoms with van der Waals surface area (Å²) in [5.41, 5.74) is 15.3. The number of carboxylic acids is 1. The highest BCUT2D eigenvalue weighted by Crippen LogP contribution is 2.38. The number of rotatable bonds is 2. The number of carbonyl (C=O) groups excluding carboxylic acids is 1. The molecular weight excluding hydrogens is 423 g/mol. The van der Waals surface area contributed by atoms with Crippen molar-refractivity contribution in [3.05, 3.63) is 34.7 Å². The van der Waals surface area contributed by atoms with Gasteiger partial charge in [0.1, 0.15) is 5.82 Å². The maximum Gasteiger partial charge on any atom is 0.490 e. The van der Waals surface area contributed by atoms with Crippen LogP contribution in [0, 0.1) is 0 Å². The van der Waals surface area contributed by atoms with E-state index in [9.17, 15) is 18.0 Å². The lowest BCUT2D eigenvalue weighted by molar-refractivity contribution is -0.192. The molecule has 0 aliphatic carbocycles. The summed E-state index contributed by atoms with van der Waals surface area (Å²) in [6, 6.07) is 5.83. The minimum Gasteiger partial charge on any atom is -0.475 e. The molecule has 30 heavy (non-hydrogen) atoms. The van der Waals surface area contributed by atoms with Crippen LogP contribution < -0.4 is 11.5 Å². The molecule has 4 rings (SSSR count). The van der Waals surface area contributed by atoms with Crippen molar-refractivity contribution < 1.29 is 27.9 Å². The zero-order valence-corrected chi connectivity index (χ0v) is 16.1. The number of hydrogen-bond acceptors (Lipinski definition) is 7. The second-order valence-electron chi connectivity index (χ2n) is 6.09. The molecule has 0 bridgehead atoms. The number of nitrogens with zero attached hydrogens (tertiary/aromatic N) is 3. The van der Waals surface area contributed by atoms with Crippen molar-refractivity contribution in [3.8, 4) is 11.1 Å². The van der Waals surface area contributed by atoms with Crippen LogP contribution >= 0.6 is 11.3 Å². The molecule has 5 N–H and O–H groups in total. The first-order valence-corrected chi connectivity index (χ1v) is 9.06. The lowest BCUT2D eigenvalue weighted by Crippen LogP contribution is -2.21. The van der Waals surface area contributed by atoms with Crippen LogP contribution in [0.2, 0.25) is 0 Å². The lowest BCUT2D eigenvalue weighted by Gasteiger charge is -2.10. The van der Waals surface area contributed by atoms with Gasteiger partial charge in [-0.15, -0.1) is 11.3 Å². The van der Waals surface area contributed by atoms with Gasteiger partial charge in [0, 0.05) is 29.8 Å². The molecule has 0 unspecified atom stereocenters. The van der Waals surface area contributed by atoms with E-state index in [4.69, 9.17) is 21.4 Å². The summed E-state index contributed by atoms with van der Waals surface area (Å²) in [6.45, 7) is 0. The Hall–Kier alpha value is -3.67. The first kappa shape index (κ1) is 21.0. The fourth-order valence-electron chi connectivity index (χ4n) is 3.01. The Kier molecular flexibility index (Phi) is 5.35. The average Bonchev–Trinajstić information content (AvgIpc) is 3.27. The predicted octanol–water partition coefficient (Wildman–Crippen LogP) is 3.46. The normalized spacial score (nSPS) is 11.3. The summed E-state index contributed by atoms with van der Waals surface area (Å²) in [5.74, 6) is -2.26.